The van der Waals surface area contributed by atoms with Crippen LogP contribution in [0.4, 0.5) is 0 Å². The fraction of sp³-hybridized carbons (Fsp3) is 0.409. The zero-order valence-electron chi connectivity index (χ0n) is 15.0. The number of hydrogen-bond donors (Lipinski definition) is 1. The second kappa shape index (κ2) is 6.86. The number of likely N-dealkylation sites (tertiary alicyclic amines) is 1. The van der Waals surface area contributed by atoms with Crippen molar-refractivity contribution >= 4 is 5.97 Å². The first-order valence-corrected chi connectivity index (χ1v) is 9.30. The van der Waals surface area contributed by atoms with Crippen molar-refractivity contribution in [3.05, 3.63) is 71.8 Å². The van der Waals surface area contributed by atoms with Gasteiger partial charge >= 0.3 is 5.97 Å². The fourth-order valence-electron chi connectivity index (χ4n) is 5.05. The summed E-state index contributed by atoms with van der Waals surface area (Å²) in [5.74, 6) is -0.212. The van der Waals surface area contributed by atoms with Crippen LogP contribution >= 0.6 is 0 Å². The molecular weight excluding hydrogens is 326 g/mol. The maximum Gasteiger partial charge on any atom is 0.329 e. The van der Waals surface area contributed by atoms with Crippen molar-refractivity contribution in [3.8, 4) is 0 Å². The lowest BCUT2D eigenvalue weighted by molar-refractivity contribution is -0.172. The third-order valence-corrected chi connectivity index (χ3v) is 6.18. The van der Waals surface area contributed by atoms with Gasteiger partial charge in [0.05, 0.1) is 7.11 Å². The lowest BCUT2D eigenvalue weighted by atomic mass is 9.75. The number of aliphatic hydroxyl groups excluding tert-OH is 1. The van der Waals surface area contributed by atoms with E-state index in [0.717, 1.165) is 30.4 Å². The van der Waals surface area contributed by atoms with Gasteiger partial charge in [0.2, 0.25) is 0 Å². The molecule has 26 heavy (non-hydrogen) atoms. The smallest absolute Gasteiger partial charge is 0.329 e. The molecule has 1 saturated heterocycles. The van der Waals surface area contributed by atoms with E-state index in [4.69, 9.17) is 4.74 Å². The van der Waals surface area contributed by atoms with E-state index >= 15 is 0 Å². The van der Waals surface area contributed by atoms with Gasteiger partial charge in [-0.3, -0.25) is 4.90 Å². The highest BCUT2D eigenvalue weighted by molar-refractivity contribution is 5.83. The van der Waals surface area contributed by atoms with Crippen molar-refractivity contribution in [3.63, 3.8) is 0 Å². The average Bonchev–Trinajstić information content (AvgIpc) is 3.29. The second-order valence-electron chi connectivity index (χ2n) is 7.41. The maximum atomic E-state index is 13.1. The molecule has 0 radical (unpaired) electrons. The Balaban J connectivity index is 1.78. The topological polar surface area (TPSA) is 49.8 Å². The molecule has 2 bridgehead atoms. The van der Waals surface area contributed by atoms with Crippen LogP contribution in [0.1, 0.15) is 36.5 Å². The number of ether oxygens (including phenoxy) is 1. The largest absolute Gasteiger partial charge is 0.468 e. The number of esters is 1. The van der Waals surface area contributed by atoms with Gasteiger partial charge in [-0.05, 0) is 36.3 Å². The number of carbonyl (C=O) groups is 1. The van der Waals surface area contributed by atoms with E-state index in [2.05, 4.69) is 17.0 Å². The number of methoxy groups -OCH3 is 1. The molecule has 2 aliphatic rings. The summed E-state index contributed by atoms with van der Waals surface area (Å²) in [5.41, 5.74) is 0.895. The van der Waals surface area contributed by atoms with Crippen LogP contribution in [-0.4, -0.2) is 34.7 Å². The molecule has 2 aromatic rings. The van der Waals surface area contributed by atoms with Crippen molar-refractivity contribution in [2.45, 2.75) is 43.5 Å². The van der Waals surface area contributed by atoms with Crippen LogP contribution in [0, 0.1) is 5.92 Å². The Kier molecular flexibility index (Phi) is 4.55. The Hall–Kier alpha value is -2.17. The van der Waals surface area contributed by atoms with Gasteiger partial charge in [0.1, 0.15) is 6.10 Å². The summed E-state index contributed by atoms with van der Waals surface area (Å²) in [4.78, 5) is 15.3. The Labute approximate surface area is 154 Å². The summed E-state index contributed by atoms with van der Waals surface area (Å²) in [5, 5.41) is 11.4. The van der Waals surface area contributed by atoms with Gasteiger partial charge in [0.15, 0.2) is 5.54 Å². The van der Waals surface area contributed by atoms with Crippen LogP contribution in [0.2, 0.25) is 0 Å². The van der Waals surface area contributed by atoms with Crippen LogP contribution < -0.4 is 0 Å². The van der Waals surface area contributed by atoms with Crippen molar-refractivity contribution in [2.24, 2.45) is 5.92 Å². The van der Waals surface area contributed by atoms with Crippen LogP contribution in [0.25, 0.3) is 0 Å². The van der Waals surface area contributed by atoms with Crippen LogP contribution in [-0.2, 0) is 16.1 Å². The van der Waals surface area contributed by atoms with Gasteiger partial charge in [-0.1, -0.05) is 60.7 Å². The third kappa shape index (κ3) is 2.56. The van der Waals surface area contributed by atoms with Gasteiger partial charge in [0.25, 0.3) is 0 Å². The average molecular weight is 351 g/mol. The maximum absolute atomic E-state index is 13.1. The van der Waals surface area contributed by atoms with Crippen molar-refractivity contribution in [1.82, 2.24) is 4.90 Å². The van der Waals surface area contributed by atoms with E-state index in [1.54, 1.807) is 0 Å². The predicted molar refractivity (Wildman–Crippen MR) is 99.3 cm³/mol. The number of piperidine rings is 1. The molecule has 1 N–H and O–H groups in total. The van der Waals surface area contributed by atoms with Gasteiger partial charge in [-0.2, -0.15) is 0 Å². The molecule has 1 unspecified atom stereocenters. The van der Waals surface area contributed by atoms with E-state index in [9.17, 15) is 9.90 Å². The number of carbonyl (C=O) groups excluding carboxylic acids is 1. The lowest BCUT2D eigenvalue weighted by Crippen LogP contribution is -2.61. The summed E-state index contributed by atoms with van der Waals surface area (Å²) < 4.78 is 5.26. The molecule has 1 aliphatic carbocycles. The Bertz CT molecular complexity index is 763. The molecule has 1 aliphatic heterocycles. The molecule has 1 saturated carbocycles. The van der Waals surface area contributed by atoms with E-state index in [1.807, 2.05) is 48.5 Å². The van der Waals surface area contributed by atoms with Crippen molar-refractivity contribution < 1.29 is 14.6 Å². The Morgan fingerprint density at radius 2 is 1.81 bits per heavy atom. The van der Waals surface area contributed by atoms with Crippen molar-refractivity contribution in [2.75, 3.05) is 7.11 Å². The SMILES string of the molecule is COC(=O)[C@]1(C(O)c2ccccc2)[C@@H]2CC[C@@H](C2)N1Cc1ccccc1. The number of benzene rings is 2. The Morgan fingerprint density at radius 1 is 1.15 bits per heavy atom. The molecule has 4 rings (SSSR count). The standard InChI is InChI=1S/C22H25NO3/c1-26-21(25)22(20(24)17-10-6-3-7-11-17)18-12-13-19(14-18)23(22)15-16-8-4-2-5-9-16/h2-11,18-20,24H,12-15H2,1H3/t18-,19+,20?,22-/m1/s1. The predicted octanol–water partition coefficient (Wildman–Crippen LogP) is 3.32. The van der Waals surface area contributed by atoms with E-state index in [0.29, 0.717) is 12.6 Å². The van der Waals surface area contributed by atoms with Crippen molar-refractivity contribution in [1.29, 1.82) is 0 Å². The molecule has 0 aromatic heterocycles. The van der Waals surface area contributed by atoms with E-state index < -0.39 is 11.6 Å². The summed E-state index contributed by atoms with van der Waals surface area (Å²) in [6, 6.07) is 20.0. The summed E-state index contributed by atoms with van der Waals surface area (Å²) in [7, 11) is 1.43. The highest BCUT2D eigenvalue weighted by atomic mass is 16.5. The molecule has 0 amide bonds. The number of rotatable bonds is 5. The molecule has 1 heterocycles. The van der Waals surface area contributed by atoms with E-state index in [-0.39, 0.29) is 11.9 Å². The number of fused-ring (bicyclic) bond motifs is 2. The first-order valence-electron chi connectivity index (χ1n) is 9.30. The zero-order chi connectivity index (χ0) is 18.1. The minimum atomic E-state index is -1.02. The zero-order valence-corrected chi connectivity index (χ0v) is 15.0. The summed E-state index contributed by atoms with van der Waals surface area (Å²) >= 11 is 0. The molecule has 4 atom stereocenters. The number of nitrogens with zero attached hydrogens (tertiary/aromatic N) is 1. The number of aliphatic hydroxyl groups is 1. The van der Waals surface area contributed by atoms with Crippen LogP contribution in [0.3, 0.4) is 0 Å². The molecule has 4 nitrogen and oxygen atoms in total. The fourth-order valence-corrected chi connectivity index (χ4v) is 5.05. The highest BCUT2D eigenvalue weighted by Gasteiger charge is 2.65. The summed E-state index contributed by atoms with van der Waals surface area (Å²) in [6.45, 7) is 0.640. The molecule has 0 spiro atoms. The first-order chi connectivity index (χ1) is 12.7. The van der Waals surface area contributed by atoms with Crippen LogP contribution in [0.5, 0.6) is 0 Å². The minimum absolute atomic E-state index is 0.110. The molecular formula is C22H25NO3. The minimum Gasteiger partial charge on any atom is -0.468 e. The van der Waals surface area contributed by atoms with Crippen LogP contribution in [0.15, 0.2) is 60.7 Å². The Morgan fingerprint density at radius 3 is 2.46 bits per heavy atom. The number of hydrogen-bond acceptors (Lipinski definition) is 4. The highest BCUT2D eigenvalue weighted by Crippen LogP contribution is 2.55. The lowest BCUT2D eigenvalue weighted by Gasteiger charge is -2.47. The normalized spacial score (nSPS) is 28.8. The first kappa shape index (κ1) is 17.3. The molecule has 2 aromatic carbocycles. The van der Waals surface area contributed by atoms with Gasteiger partial charge in [-0.25, -0.2) is 4.79 Å². The van der Waals surface area contributed by atoms with E-state index in [1.165, 1.54) is 7.11 Å². The van der Waals surface area contributed by atoms with Gasteiger partial charge < -0.3 is 9.84 Å². The summed E-state index contributed by atoms with van der Waals surface area (Å²) in [6.07, 6.45) is 2.05. The third-order valence-electron chi connectivity index (χ3n) is 6.18. The molecule has 2 fully saturated rings. The molecule has 136 valence electrons. The monoisotopic (exact) mass is 351 g/mol. The second-order valence-corrected chi connectivity index (χ2v) is 7.41. The quantitative estimate of drug-likeness (QED) is 0.840. The van der Waals surface area contributed by atoms with Gasteiger partial charge in [-0.15, -0.1) is 0 Å². The van der Waals surface area contributed by atoms with Gasteiger partial charge in [0, 0.05) is 12.6 Å². The molecule has 4 heteroatoms.